The van der Waals surface area contributed by atoms with Crippen molar-refractivity contribution in [1.29, 1.82) is 0 Å². The lowest BCUT2D eigenvalue weighted by atomic mass is 9.95. The summed E-state index contributed by atoms with van der Waals surface area (Å²) in [6.07, 6.45) is 7.02. The van der Waals surface area contributed by atoms with E-state index in [1.165, 1.54) is 28.9 Å². The maximum absolute atomic E-state index is 13.0. The molecule has 1 aromatic carbocycles. The monoisotopic (exact) mass is 379 g/mol. The molecule has 2 aliphatic heterocycles. The topological polar surface area (TPSA) is 24.8 Å². The van der Waals surface area contributed by atoms with Gasteiger partial charge in [-0.05, 0) is 41.8 Å². The summed E-state index contributed by atoms with van der Waals surface area (Å²) in [5.41, 5.74) is 4.22. The molecule has 27 heavy (non-hydrogen) atoms. The summed E-state index contributed by atoms with van der Waals surface area (Å²) in [6.45, 7) is 3.38. The number of amides is 1. The first-order valence-corrected chi connectivity index (χ1v) is 11.1. The van der Waals surface area contributed by atoms with Gasteiger partial charge in [-0.2, -0.15) is 0 Å². The smallest absolute Gasteiger partial charge is 0.278 e. The molecule has 0 radical (unpaired) electrons. The molecule has 2 atom stereocenters. The molecule has 1 unspecified atom stereocenters. The molecule has 1 N–H and O–H groups in total. The number of carbonyl (C=O) groups excluding carboxylic acids is 1. The highest BCUT2D eigenvalue weighted by Gasteiger charge is 2.44. The molecule has 3 heterocycles. The fraction of sp³-hybridized carbons (Fsp3) is 0.435. The fourth-order valence-corrected chi connectivity index (χ4v) is 5.74. The summed E-state index contributed by atoms with van der Waals surface area (Å²) in [4.78, 5) is 18.2. The molecule has 140 valence electrons. The van der Waals surface area contributed by atoms with Gasteiger partial charge >= 0.3 is 0 Å². The molecule has 1 fully saturated rings. The van der Waals surface area contributed by atoms with Crippen LogP contribution in [0.5, 0.6) is 0 Å². The third-order valence-corrected chi connectivity index (χ3v) is 7.40. The molecule has 0 saturated heterocycles. The first-order valence-electron chi connectivity index (χ1n) is 10.2. The Balaban J connectivity index is 1.25. The Morgan fingerprint density at radius 3 is 2.74 bits per heavy atom. The summed E-state index contributed by atoms with van der Waals surface area (Å²) >= 11 is 1.90. The van der Waals surface area contributed by atoms with Crippen molar-refractivity contribution < 1.29 is 9.69 Å². The number of hydrogen-bond donors (Lipinski definition) is 1. The predicted octanol–water partition coefficient (Wildman–Crippen LogP) is 2.96. The van der Waals surface area contributed by atoms with E-state index in [9.17, 15) is 4.79 Å². The Kier molecular flexibility index (Phi) is 4.62. The summed E-state index contributed by atoms with van der Waals surface area (Å²) in [6, 6.07) is 13.4. The number of carbonyl (C=O) groups is 1. The quantitative estimate of drug-likeness (QED) is 0.868. The first-order chi connectivity index (χ1) is 13.3. The van der Waals surface area contributed by atoms with Crippen molar-refractivity contribution in [1.82, 2.24) is 4.90 Å². The van der Waals surface area contributed by atoms with E-state index < -0.39 is 0 Å². The lowest BCUT2D eigenvalue weighted by Gasteiger charge is -2.34. The molecule has 1 aliphatic carbocycles. The van der Waals surface area contributed by atoms with Gasteiger partial charge in [0.25, 0.3) is 5.91 Å². The van der Waals surface area contributed by atoms with Crippen LogP contribution in [0.2, 0.25) is 0 Å². The number of rotatable bonds is 4. The highest BCUT2D eigenvalue weighted by molar-refractivity contribution is 7.10. The van der Waals surface area contributed by atoms with Gasteiger partial charge in [-0.25, -0.2) is 0 Å². The molecule has 1 amide bonds. The van der Waals surface area contributed by atoms with Gasteiger partial charge in [0.15, 0.2) is 6.54 Å². The SMILES string of the molecule is O=C(C[NH+]1CCc2sccc2[C@@H]1C1CC1)N1CC=C(c2ccccc2)CC1. The van der Waals surface area contributed by atoms with Crippen LogP contribution < -0.4 is 4.90 Å². The molecule has 1 aromatic heterocycles. The zero-order valence-corrected chi connectivity index (χ0v) is 16.5. The molecule has 1 saturated carbocycles. The van der Waals surface area contributed by atoms with Crippen LogP contribution in [0.15, 0.2) is 47.9 Å². The number of nitrogens with zero attached hydrogens (tertiary/aromatic N) is 1. The van der Waals surface area contributed by atoms with Crippen LogP contribution in [0.1, 0.15) is 41.3 Å². The van der Waals surface area contributed by atoms with Gasteiger partial charge in [-0.3, -0.25) is 4.79 Å². The molecule has 5 rings (SSSR count). The van der Waals surface area contributed by atoms with E-state index in [1.54, 1.807) is 10.4 Å². The third kappa shape index (κ3) is 3.48. The second kappa shape index (κ2) is 7.25. The van der Waals surface area contributed by atoms with Crippen molar-refractivity contribution in [3.8, 4) is 0 Å². The van der Waals surface area contributed by atoms with Crippen molar-refractivity contribution in [3.05, 3.63) is 63.9 Å². The van der Waals surface area contributed by atoms with E-state index in [4.69, 9.17) is 0 Å². The van der Waals surface area contributed by atoms with Gasteiger partial charge in [-0.15, -0.1) is 11.3 Å². The number of hydrogen-bond acceptors (Lipinski definition) is 2. The number of nitrogens with one attached hydrogen (secondary N) is 1. The van der Waals surface area contributed by atoms with Crippen LogP contribution in [-0.2, 0) is 11.2 Å². The maximum atomic E-state index is 13.0. The number of benzene rings is 1. The van der Waals surface area contributed by atoms with E-state index in [1.807, 2.05) is 11.3 Å². The average molecular weight is 380 g/mol. The lowest BCUT2D eigenvalue weighted by molar-refractivity contribution is -0.929. The van der Waals surface area contributed by atoms with Gasteiger partial charge in [0.05, 0.1) is 6.54 Å². The standard InChI is InChI=1S/C23H26N2OS/c26-22(24-12-8-18(9-13-24)17-4-2-1-3-5-17)16-25-14-10-21-20(11-15-27-21)23(25)19-6-7-19/h1-5,8,11,15,19,23H,6-7,9-10,12-14,16H2/p+1/t23-/m0/s1. The summed E-state index contributed by atoms with van der Waals surface area (Å²) in [5, 5.41) is 2.24. The van der Waals surface area contributed by atoms with Gasteiger partial charge in [-0.1, -0.05) is 36.4 Å². The normalized spacial score (nSPS) is 25.0. The van der Waals surface area contributed by atoms with E-state index in [0.29, 0.717) is 18.5 Å². The number of thiophene rings is 1. The van der Waals surface area contributed by atoms with Gasteiger partial charge < -0.3 is 9.80 Å². The zero-order chi connectivity index (χ0) is 18.2. The molecular formula is C23H27N2OS+. The Bertz CT molecular complexity index is 852. The lowest BCUT2D eigenvalue weighted by Crippen LogP contribution is -3.14. The van der Waals surface area contributed by atoms with Crippen molar-refractivity contribution in [2.45, 2.75) is 31.7 Å². The molecule has 2 aromatic rings. The molecule has 4 heteroatoms. The maximum Gasteiger partial charge on any atom is 0.278 e. The molecule has 3 nitrogen and oxygen atoms in total. The third-order valence-electron chi connectivity index (χ3n) is 6.41. The Morgan fingerprint density at radius 2 is 2.00 bits per heavy atom. The Morgan fingerprint density at radius 1 is 1.15 bits per heavy atom. The molecule has 0 spiro atoms. The van der Waals surface area contributed by atoms with E-state index >= 15 is 0 Å². The van der Waals surface area contributed by atoms with Crippen molar-refractivity contribution in [3.63, 3.8) is 0 Å². The number of fused-ring (bicyclic) bond motifs is 1. The van der Waals surface area contributed by atoms with Gasteiger partial charge in [0.1, 0.15) is 6.04 Å². The largest absolute Gasteiger partial charge is 0.334 e. The molecular weight excluding hydrogens is 352 g/mol. The van der Waals surface area contributed by atoms with E-state index in [0.717, 1.165) is 38.4 Å². The van der Waals surface area contributed by atoms with Gasteiger partial charge in [0.2, 0.25) is 0 Å². The van der Waals surface area contributed by atoms with Crippen LogP contribution in [0.4, 0.5) is 0 Å². The van der Waals surface area contributed by atoms with Gasteiger partial charge in [0, 0.05) is 35.9 Å². The fourth-order valence-electron chi connectivity index (χ4n) is 4.81. The van der Waals surface area contributed by atoms with E-state index in [-0.39, 0.29) is 0 Å². The van der Waals surface area contributed by atoms with Crippen LogP contribution >= 0.6 is 11.3 Å². The first kappa shape index (κ1) is 17.2. The van der Waals surface area contributed by atoms with Crippen LogP contribution in [-0.4, -0.2) is 37.0 Å². The van der Waals surface area contributed by atoms with Crippen LogP contribution in [0.3, 0.4) is 0 Å². The highest BCUT2D eigenvalue weighted by Crippen LogP contribution is 2.42. The van der Waals surface area contributed by atoms with Crippen LogP contribution in [0, 0.1) is 5.92 Å². The Labute approximate surface area is 165 Å². The zero-order valence-electron chi connectivity index (χ0n) is 15.7. The minimum Gasteiger partial charge on any atom is -0.334 e. The summed E-state index contributed by atoms with van der Waals surface area (Å²) in [7, 11) is 0. The Hall–Kier alpha value is -1.91. The van der Waals surface area contributed by atoms with Crippen molar-refractivity contribution >= 4 is 22.8 Å². The number of quaternary nitrogens is 1. The second-order valence-electron chi connectivity index (χ2n) is 8.13. The highest BCUT2D eigenvalue weighted by atomic mass is 32.1. The van der Waals surface area contributed by atoms with Crippen LogP contribution in [0.25, 0.3) is 5.57 Å². The average Bonchev–Trinajstić information content (AvgIpc) is 3.44. The molecule has 3 aliphatic rings. The summed E-state index contributed by atoms with van der Waals surface area (Å²) in [5.74, 6) is 1.13. The minimum absolute atomic E-state index is 0.331. The second-order valence-corrected chi connectivity index (χ2v) is 9.14. The van der Waals surface area contributed by atoms with E-state index in [2.05, 4.69) is 52.8 Å². The molecule has 0 bridgehead atoms. The van der Waals surface area contributed by atoms with Crippen molar-refractivity contribution in [2.75, 3.05) is 26.2 Å². The minimum atomic E-state index is 0.331. The van der Waals surface area contributed by atoms with Crippen molar-refractivity contribution in [2.24, 2.45) is 5.92 Å². The summed E-state index contributed by atoms with van der Waals surface area (Å²) < 4.78 is 0. The predicted molar refractivity (Wildman–Crippen MR) is 110 cm³/mol.